The quantitative estimate of drug-likeness (QED) is 0.754. The molecule has 0 amide bonds. The molecule has 1 atom stereocenters. The van der Waals surface area contributed by atoms with Gasteiger partial charge in [-0.2, -0.15) is 0 Å². The molecule has 0 rings (SSSR count). The molecule has 5 heteroatoms. The third-order valence-corrected chi connectivity index (χ3v) is 4.73. The third kappa shape index (κ3) is 6.71. The second-order valence-corrected chi connectivity index (χ2v) is 7.89. The van der Waals surface area contributed by atoms with Crippen molar-refractivity contribution in [2.24, 2.45) is 5.41 Å². The van der Waals surface area contributed by atoms with Crippen molar-refractivity contribution in [3.63, 3.8) is 0 Å². The topological polar surface area (TPSA) is 46.2 Å². The Hall–Kier alpha value is 0.200. The van der Waals surface area contributed by atoms with Crippen LogP contribution in [0.25, 0.3) is 0 Å². The Kier molecular flexibility index (Phi) is 5.77. The van der Waals surface area contributed by atoms with E-state index in [0.717, 1.165) is 0 Å². The van der Waals surface area contributed by atoms with E-state index < -0.39 is 15.6 Å². The Morgan fingerprint density at radius 2 is 1.69 bits per heavy atom. The van der Waals surface area contributed by atoms with Crippen LogP contribution in [0.1, 0.15) is 47.5 Å². The molecule has 0 saturated heterocycles. The number of sulfonamides is 1. The summed E-state index contributed by atoms with van der Waals surface area (Å²) in [5.74, 6) is 0.446. The van der Waals surface area contributed by atoms with Crippen LogP contribution in [0, 0.1) is 5.41 Å². The van der Waals surface area contributed by atoms with Crippen molar-refractivity contribution in [3.05, 3.63) is 0 Å². The lowest BCUT2D eigenvalue weighted by molar-refractivity contribution is 0.391. The zero-order valence-corrected chi connectivity index (χ0v) is 12.5. The van der Waals surface area contributed by atoms with Gasteiger partial charge in [-0.05, 0) is 25.2 Å². The lowest BCUT2D eigenvalue weighted by Crippen LogP contribution is -2.48. The highest BCUT2D eigenvalue weighted by molar-refractivity contribution is 7.89. The molecule has 0 aromatic carbocycles. The third-order valence-electron chi connectivity index (χ3n) is 2.60. The Bertz CT molecular complexity index is 302. The highest BCUT2D eigenvalue weighted by Gasteiger charge is 2.27. The van der Waals surface area contributed by atoms with E-state index >= 15 is 0 Å². The first-order valence-corrected chi connectivity index (χ1v) is 7.80. The monoisotopic (exact) mass is 269 g/mol. The summed E-state index contributed by atoms with van der Waals surface area (Å²) in [6.07, 6.45) is 1.33. The van der Waals surface area contributed by atoms with Gasteiger partial charge in [0.25, 0.3) is 0 Å². The second-order valence-electron chi connectivity index (χ2n) is 5.78. The number of alkyl halides is 1. The fourth-order valence-corrected chi connectivity index (χ4v) is 3.35. The summed E-state index contributed by atoms with van der Waals surface area (Å²) in [6, 6.07) is 0. The normalized spacial score (nSPS) is 17.1. The van der Waals surface area contributed by atoms with Crippen molar-refractivity contribution >= 4 is 21.6 Å². The molecule has 0 aliphatic heterocycles. The number of hydrogen-bond acceptors (Lipinski definition) is 2. The maximum atomic E-state index is 11.8. The molecule has 0 bridgehead atoms. The molecule has 1 N–H and O–H groups in total. The van der Waals surface area contributed by atoms with Gasteiger partial charge < -0.3 is 0 Å². The molecule has 0 fully saturated rings. The van der Waals surface area contributed by atoms with Crippen LogP contribution in [0.5, 0.6) is 0 Å². The predicted octanol–water partition coefficient (Wildman–Crippen LogP) is 2.75. The molecule has 98 valence electrons. The first-order valence-electron chi connectivity index (χ1n) is 5.61. The highest BCUT2D eigenvalue weighted by atomic mass is 35.5. The smallest absolute Gasteiger partial charge is 0.212 e. The van der Waals surface area contributed by atoms with Gasteiger partial charge in [-0.25, -0.2) is 13.1 Å². The van der Waals surface area contributed by atoms with Gasteiger partial charge in [-0.15, -0.1) is 11.6 Å². The van der Waals surface area contributed by atoms with Gasteiger partial charge in [-0.3, -0.25) is 0 Å². The van der Waals surface area contributed by atoms with Crippen LogP contribution in [0.3, 0.4) is 0 Å². The van der Waals surface area contributed by atoms with Crippen molar-refractivity contribution in [1.82, 2.24) is 4.72 Å². The van der Waals surface area contributed by atoms with Gasteiger partial charge in [-0.1, -0.05) is 27.7 Å². The van der Waals surface area contributed by atoms with E-state index in [4.69, 9.17) is 11.6 Å². The summed E-state index contributed by atoms with van der Waals surface area (Å²) in [5.41, 5.74) is -0.503. The molecular weight excluding hydrogens is 246 g/mol. The van der Waals surface area contributed by atoms with E-state index in [0.29, 0.717) is 12.8 Å². The predicted molar refractivity (Wildman–Crippen MR) is 70.4 cm³/mol. The van der Waals surface area contributed by atoms with Crippen molar-refractivity contribution < 1.29 is 8.42 Å². The molecule has 0 aromatic heterocycles. The lowest BCUT2D eigenvalue weighted by Gasteiger charge is -2.27. The fraction of sp³-hybridized carbons (Fsp3) is 1.00. The van der Waals surface area contributed by atoms with Crippen molar-refractivity contribution in [2.75, 3.05) is 11.6 Å². The zero-order valence-electron chi connectivity index (χ0n) is 10.9. The standard InChI is InChI=1S/C11H24ClNO2S/c1-6-11(5,9-12)13-16(14,15)8-7-10(2,3)4/h13H,6-9H2,1-5H3. The highest BCUT2D eigenvalue weighted by Crippen LogP contribution is 2.20. The minimum Gasteiger partial charge on any atom is -0.212 e. The van der Waals surface area contributed by atoms with E-state index in [1.54, 1.807) is 0 Å². The molecule has 0 aromatic rings. The Labute approximate surface area is 105 Å². The average Bonchev–Trinajstić information content (AvgIpc) is 2.13. The molecule has 1 unspecified atom stereocenters. The van der Waals surface area contributed by atoms with Gasteiger partial charge in [0.2, 0.25) is 10.0 Å². The van der Waals surface area contributed by atoms with E-state index in [9.17, 15) is 8.42 Å². The summed E-state index contributed by atoms with van der Waals surface area (Å²) in [5, 5.41) is 0. The minimum atomic E-state index is -3.23. The Morgan fingerprint density at radius 1 is 1.19 bits per heavy atom. The summed E-state index contributed by atoms with van der Waals surface area (Å²) in [4.78, 5) is 0. The lowest BCUT2D eigenvalue weighted by atomic mass is 9.94. The van der Waals surface area contributed by atoms with Crippen LogP contribution in [0.4, 0.5) is 0 Å². The molecule has 0 radical (unpaired) electrons. The van der Waals surface area contributed by atoms with Gasteiger partial charge in [0.15, 0.2) is 0 Å². The zero-order chi connectivity index (χ0) is 13.0. The summed E-state index contributed by atoms with van der Waals surface area (Å²) in [7, 11) is -3.23. The van der Waals surface area contributed by atoms with E-state index in [1.165, 1.54) is 0 Å². The maximum Gasteiger partial charge on any atom is 0.212 e. The van der Waals surface area contributed by atoms with Crippen LogP contribution < -0.4 is 4.72 Å². The van der Waals surface area contributed by atoms with E-state index in [-0.39, 0.29) is 17.0 Å². The van der Waals surface area contributed by atoms with Crippen LogP contribution in [0.15, 0.2) is 0 Å². The fourth-order valence-electron chi connectivity index (χ4n) is 1.06. The molecule has 0 saturated carbocycles. The van der Waals surface area contributed by atoms with Crippen molar-refractivity contribution in [1.29, 1.82) is 0 Å². The van der Waals surface area contributed by atoms with Crippen LogP contribution in [0.2, 0.25) is 0 Å². The molecule has 3 nitrogen and oxygen atoms in total. The Balaban J connectivity index is 4.47. The van der Waals surface area contributed by atoms with Gasteiger partial charge >= 0.3 is 0 Å². The van der Waals surface area contributed by atoms with Gasteiger partial charge in [0, 0.05) is 11.4 Å². The maximum absolute atomic E-state index is 11.8. The van der Waals surface area contributed by atoms with E-state index in [1.807, 2.05) is 34.6 Å². The first kappa shape index (κ1) is 16.2. The van der Waals surface area contributed by atoms with Crippen molar-refractivity contribution in [2.45, 2.75) is 53.0 Å². The van der Waals surface area contributed by atoms with Crippen LogP contribution in [-0.2, 0) is 10.0 Å². The number of nitrogens with one attached hydrogen (secondary N) is 1. The molecule has 16 heavy (non-hydrogen) atoms. The SMILES string of the molecule is CCC(C)(CCl)NS(=O)(=O)CCC(C)(C)C. The summed E-state index contributed by atoms with van der Waals surface area (Å²) in [6.45, 7) is 9.85. The molecule has 0 spiro atoms. The molecular formula is C11H24ClNO2S. The molecule has 0 heterocycles. The summed E-state index contributed by atoms with van der Waals surface area (Å²) >= 11 is 5.78. The largest absolute Gasteiger partial charge is 0.212 e. The number of rotatable bonds is 6. The first-order chi connectivity index (χ1) is 7.04. The summed E-state index contributed by atoms with van der Waals surface area (Å²) < 4.78 is 26.4. The number of halogens is 1. The Morgan fingerprint density at radius 3 is 2.00 bits per heavy atom. The molecule has 0 aliphatic carbocycles. The van der Waals surface area contributed by atoms with Crippen LogP contribution in [-0.4, -0.2) is 25.6 Å². The second kappa shape index (κ2) is 5.69. The van der Waals surface area contributed by atoms with Gasteiger partial charge in [0.1, 0.15) is 0 Å². The molecule has 0 aliphatic rings. The van der Waals surface area contributed by atoms with E-state index in [2.05, 4.69) is 4.72 Å². The minimum absolute atomic E-state index is 0.0261. The number of hydrogen-bond donors (Lipinski definition) is 1. The average molecular weight is 270 g/mol. The van der Waals surface area contributed by atoms with Gasteiger partial charge in [0.05, 0.1) is 5.75 Å². The van der Waals surface area contributed by atoms with Crippen molar-refractivity contribution in [3.8, 4) is 0 Å². The van der Waals surface area contributed by atoms with Crippen LogP contribution >= 0.6 is 11.6 Å².